The monoisotopic (exact) mass is 369 g/mol. The van der Waals surface area contributed by atoms with E-state index in [2.05, 4.69) is 20.2 Å². The van der Waals surface area contributed by atoms with Crippen molar-refractivity contribution in [1.29, 1.82) is 0 Å². The summed E-state index contributed by atoms with van der Waals surface area (Å²) < 4.78 is 1.36. The molecule has 1 saturated heterocycles. The van der Waals surface area contributed by atoms with Gasteiger partial charge in [0.05, 0.1) is 17.2 Å². The number of piperidine rings is 1. The van der Waals surface area contributed by atoms with Gasteiger partial charge < -0.3 is 10.2 Å². The number of fused-ring (bicyclic) bond motifs is 1. The molecule has 4 rings (SSSR count). The van der Waals surface area contributed by atoms with Gasteiger partial charge >= 0.3 is 0 Å². The summed E-state index contributed by atoms with van der Waals surface area (Å²) in [5, 5.41) is 6.57. The van der Waals surface area contributed by atoms with E-state index in [0.717, 1.165) is 31.1 Å². The van der Waals surface area contributed by atoms with Crippen LogP contribution in [0.25, 0.3) is 10.9 Å². The SMILES string of the molecule is O=C(Cn1cnc2ccccc2c1=O)NC1CCN(c2nccs2)CC1. The number of nitrogens with one attached hydrogen (secondary N) is 1. The third-order valence-electron chi connectivity index (χ3n) is 4.60. The summed E-state index contributed by atoms with van der Waals surface area (Å²) in [6, 6.07) is 7.28. The fraction of sp³-hybridized carbons (Fsp3) is 0.333. The summed E-state index contributed by atoms with van der Waals surface area (Å²) in [5.74, 6) is -0.156. The van der Waals surface area contributed by atoms with Crippen molar-refractivity contribution in [1.82, 2.24) is 19.9 Å². The van der Waals surface area contributed by atoms with Crippen molar-refractivity contribution in [3.8, 4) is 0 Å². The Labute approximate surface area is 154 Å². The molecule has 2 aromatic heterocycles. The van der Waals surface area contributed by atoms with Crippen LogP contribution in [0.1, 0.15) is 12.8 Å². The molecule has 1 fully saturated rings. The molecule has 0 unspecified atom stereocenters. The van der Waals surface area contributed by atoms with E-state index in [1.807, 2.05) is 17.6 Å². The van der Waals surface area contributed by atoms with E-state index in [4.69, 9.17) is 0 Å². The summed E-state index contributed by atoms with van der Waals surface area (Å²) in [5.41, 5.74) is 0.452. The highest BCUT2D eigenvalue weighted by molar-refractivity contribution is 7.13. The first-order chi connectivity index (χ1) is 12.7. The molecule has 1 aliphatic heterocycles. The molecule has 0 saturated carbocycles. The Kier molecular flexibility index (Phi) is 4.66. The Morgan fingerprint density at radius 3 is 2.81 bits per heavy atom. The zero-order chi connectivity index (χ0) is 17.9. The van der Waals surface area contributed by atoms with E-state index in [9.17, 15) is 9.59 Å². The van der Waals surface area contributed by atoms with Crippen LogP contribution in [-0.4, -0.2) is 39.6 Å². The molecule has 3 heterocycles. The van der Waals surface area contributed by atoms with Gasteiger partial charge in [-0.25, -0.2) is 9.97 Å². The number of aromatic nitrogens is 3. The Morgan fingerprint density at radius 2 is 2.04 bits per heavy atom. The lowest BCUT2D eigenvalue weighted by Crippen LogP contribution is -2.46. The molecule has 1 aromatic carbocycles. The summed E-state index contributed by atoms with van der Waals surface area (Å²) in [6.07, 6.45) is 4.99. The molecule has 0 bridgehead atoms. The smallest absolute Gasteiger partial charge is 0.261 e. The second-order valence-corrected chi connectivity index (χ2v) is 7.21. The molecule has 0 radical (unpaired) electrons. The molecule has 26 heavy (non-hydrogen) atoms. The predicted molar refractivity (Wildman–Crippen MR) is 101 cm³/mol. The van der Waals surface area contributed by atoms with Crippen LogP contribution in [0.15, 0.2) is 47.0 Å². The maximum absolute atomic E-state index is 12.5. The van der Waals surface area contributed by atoms with Gasteiger partial charge in [0.1, 0.15) is 6.54 Å². The molecule has 1 aliphatic rings. The Bertz CT molecular complexity index is 961. The largest absolute Gasteiger partial charge is 0.352 e. The average Bonchev–Trinajstić information content (AvgIpc) is 3.20. The Balaban J connectivity index is 1.36. The third kappa shape index (κ3) is 3.45. The molecule has 1 amide bonds. The minimum Gasteiger partial charge on any atom is -0.352 e. The lowest BCUT2D eigenvalue weighted by molar-refractivity contribution is -0.122. The highest BCUT2D eigenvalue weighted by atomic mass is 32.1. The lowest BCUT2D eigenvalue weighted by Gasteiger charge is -2.32. The van der Waals surface area contributed by atoms with Crippen LogP contribution in [0, 0.1) is 0 Å². The normalized spacial score (nSPS) is 15.3. The van der Waals surface area contributed by atoms with Crippen molar-refractivity contribution < 1.29 is 4.79 Å². The third-order valence-corrected chi connectivity index (χ3v) is 5.43. The molecule has 0 atom stereocenters. The first-order valence-electron chi connectivity index (χ1n) is 8.59. The number of hydrogen-bond donors (Lipinski definition) is 1. The summed E-state index contributed by atoms with van der Waals surface area (Å²) in [4.78, 5) is 35.6. The van der Waals surface area contributed by atoms with E-state index in [-0.39, 0.29) is 24.1 Å². The molecule has 1 N–H and O–H groups in total. The molecule has 134 valence electrons. The van der Waals surface area contributed by atoms with Crippen molar-refractivity contribution in [3.05, 3.63) is 52.5 Å². The second kappa shape index (κ2) is 7.25. The van der Waals surface area contributed by atoms with Gasteiger partial charge in [-0.2, -0.15) is 0 Å². The van der Waals surface area contributed by atoms with Gasteiger partial charge in [0.2, 0.25) is 5.91 Å². The second-order valence-electron chi connectivity index (χ2n) is 6.34. The standard InChI is InChI=1S/C18H19N5O2S/c24-16(11-23-12-20-15-4-2-1-3-14(15)17(23)25)21-13-5-8-22(9-6-13)18-19-7-10-26-18/h1-4,7,10,12-13H,5-6,8-9,11H2,(H,21,24). The van der Waals surface area contributed by atoms with Crippen LogP contribution in [-0.2, 0) is 11.3 Å². The van der Waals surface area contributed by atoms with Gasteiger partial charge in [-0.05, 0) is 25.0 Å². The zero-order valence-electron chi connectivity index (χ0n) is 14.2. The van der Waals surface area contributed by atoms with E-state index in [1.165, 1.54) is 10.9 Å². The summed E-state index contributed by atoms with van der Waals surface area (Å²) >= 11 is 1.63. The van der Waals surface area contributed by atoms with Crippen molar-refractivity contribution >= 4 is 33.3 Å². The number of thiazole rings is 1. The molecular formula is C18H19N5O2S. The van der Waals surface area contributed by atoms with Crippen LogP contribution in [0.3, 0.4) is 0 Å². The molecular weight excluding hydrogens is 350 g/mol. The van der Waals surface area contributed by atoms with Crippen LogP contribution < -0.4 is 15.8 Å². The van der Waals surface area contributed by atoms with E-state index in [0.29, 0.717) is 10.9 Å². The summed E-state index contributed by atoms with van der Waals surface area (Å²) in [6.45, 7) is 1.73. The van der Waals surface area contributed by atoms with Crippen molar-refractivity contribution in [2.24, 2.45) is 0 Å². The number of rotatable bonds is 4. The molecule has 8 heteroatoms. The maximum atomic E-state index is 12.5. The molecule has 7 nitrogen and oxygen atoms in total. The predicted octanol–water partition coefficient (Wildman–Crippen LogP) is 1.64. The van der Waals surface area contributed by atoms with Crippen LogP contribution in [0.2, 0.25) is 0 Å². The van der Waals surface area contributed by atoms with Gasteiger partial charge in [-0.3, -0.25) is 14.2 Å². The number of carbonyl (C=O) groups is 1. The van der Waals surface area contributed by atoms with E-state index < -0.39 is 0 Å². The number of carbonyl (C=O) groups excluding carboxylic acids is 1. The van der Waals surface area contributed by atoms with E-state index >= 15 is 0 Å². The zero-order valence-corrected chi connectivity index (χ0v) is 15.0. The average molecular weight is 369 g/mol. The lowest BCUT2D eigenvalue weighted by atomic mass is 10.1. The number of amides is 1. The van der Waals surface area contributed by atoms with Gasteiger partial charge in [-0.15, -0.1) is 11.3 Å². The van der Waals surface area contributed by atoms with Gasteiger partial charge in [-0.1, -0.05) is 12.1 Å². The number of nitrogens with zero attached hydrogens (tertiary/aromatic N) is 4. The van der Waals surface area contributed by atoms with Gasteiger partial charge in [0.25, 0.3) is 5.56 Å². The van der Waals surface area contributed by atoms with Crippen LogP contribution in [0.4, 0.5) is 5.13 Å². The van der Waals surface area contributed by atoms with Crippen molar-refractivity contribution in [2.45, 2.75) is 25.4 Å². The maximum Gasteiger partial charge on any atom is 0.261 e. The molecule has 0 aliphatic carbocycles. The highest BCUT2D eigenvalue weighted by Crippen LogP contribution is 2.21. The molecule has 0 spiro atoms. The minimum absolute atomic E-state index is 0.0106. The highest BCUT2D eigenvalue weighted by Gasteiger charge is 2.22. The topological polar surface area (TPSA) is 80.1 Å². The molecule has 3 aromatic rings. The van der Waals surface area contributed by atoms with Gasteiger partial charge in [0, 0.05) is 30.7 Å². The Hall–Kier alpha value is -2.74. The van der Waals surface area contributed by atoms with Gasteiger partial charge in [0.15, 0.2) is 5.13 Å². The van der Waals surface area contributed by atoms with Crippen molar-refractivity contribution in [3.63, 3.8) is 0 Å². The van der Waals surface area contributed by atoms with E-state index in [1.54, 1.807) is 29.5 Å². The van der Waals surface area contributed by atoms with Crippen molar-refractivity contribution in [2.75, 3.05) is 18.0 Å². The summed E-state index contributed by atoms with van der Waals surface area (Å²) in [7, 11) is 0. The quantitative estimate of drug-likeness (QED) is 0.756. The first-order valence-corrected chi connectivity index (χ1v) is 9.46. The fourth-order valence-electron chi connectivity index (χ4n) is 3.23. The number of para-hydroxylation sites is 1. The Morgan fingerprint density at radius 1 is 1.23 bits per heavy atom. The van der Waals surface area contributed by atoms with Crippen LogP contribution in [0.5, 0.6) is 0 Å². The number of benzene rings is 1. The minimum atomic E-state index is -0.190. The first kappa shape index (κ1) is 16.7. The number of hydrogen-bond acceptors (Lipinski definition) is 6. The number of anilines is 1. The van der Waals surface area contributed by atoms with Crippen LogP contribution >= 0.6 is 11.3 Å². The fourth-order valence-corrected chi connectivity index (χ4v) is 3.93.